The van der Waals surface area contributed by atoms with Crippen LogP contribution >= 0.6 is 0 Å². The maximum atomic E-state index is 13.0. The van der Waals surface area contributed by atoms with Crippen LogP contribution in [-0.4, -0.2) is 42.2 Å². The Morgan fingerprint density at radius 1 is 1.03 bits per heavy atom. The number of hydrogen-bond acceptors (Lipinski definition) is 8. The number of carbonyl (C=O) groups is 4. The summed E-state index contributed by atoms with van der Waals surface area (Å²) in [5.74, 6) is -2.50. The van der Waals surface area contributed by atoms with Gasteiger partial charge in [-0.1, -0.05) is 20.8 Å². The Labute approximate surface area is 182 Å². The standard InChI is InChI=1S/C22H20N2O8/c1-22(2,3)18(25)11-32-21(28)12-5-7-14-15(9-12)20(27)23(19(14)26)16-8-6-13(24(29)30)10-17(16)31-4/h5-10H,11H2,1-4H3. The van der Waals surface area contributed by atoms with Gasteiger partial charge in [-0.3, -0.25) is 24.5 Å². The number of anilines is 1. The minimum atomic E-state index is -0.808. The van der Waals surface area contributed by atoms with Crippen molar-refractivity contribution < 1.29 is 33.6 Å². The van der Waals surface area contributed by atoms with E-state index in [4.69, 9.17) is 9.47 Å². The molecule has 2 aromatic rings. The number of methoxy groups -OCH3 is 1. The molecule has 0 bridgehead atoms. The first-order valence-electron chi connectivity index (χ1n) is 9.51. The average Bonchev–Trinajstić information content (AvgIpc) is 3.00. The van der Waals surface area contributed by atoms with Gasteiger partial charge in [0.1, 0.15) is 5.75 Å². The van der Waals surface area contributed by atoms with Crippen LogP contribution in [-0.2, 0) is 9.53 Å². The molecule has 1 aliphatic heterocycles. The molecular weight excluding hydrogens is 420 g/mol. The minimum Gasteiger partial charge on any atom is -0.494 e. The number of imide groups is 1. The number of fused-ring (bicyclic) bond motifs is 1. The lowest BCUT2D eigenvalue weighted by molar-refractivity contribution is -0.384. The molecule has 10 nitrogen and oxygen atoms in total. The fraction of sp³-hybridized carbons (Fsp3) is 0.273. The lowest BCUT2D eigenvalue weighted by Gasteiger charge is -2.17. The van der Waals surface area contributed by atoms with Crippen molar-refractivity contribution in [2.75, 3.05) is 18.6 Å². The number of nitro groups is 1. The second kappa shape index (κ2) is 8.22. The van der Waals surface area contributed by atoms with E-state index in [0.29, 0.717) is 0 Å². The molecule has 0 aliphatic carbocycles. The van der Waals surface area contributed by atoms with Crippen molar-refractivity contribution in [2.45, 2.75) is 20.8 Å². The van der Waals surface area contributed by atoms with Crippen LogP contribution in [0.5, 0.6) is 5.75 Å². The molecule has 2 amide bonds. The second-order valence-electron chi connectivity index (χ2n) is 8.07. The number of Topliss-reactive ketones (excluding diaryl/α,β-unsaturated/α-hetero) is 1. The van der Waals surface area contributed by atoms with Gasteiger partial charge < -0.3 is 9.47 Å². The number of benzene rings is 2. The van der Waals surface area contributed by atoms with E-state index in [1.54, 1.807) is 20.8 Å². The lowest BCUT2D eigenvalue weighted by atomic mass is 9.91. The number of nitro benzene ring substituents is 1. The van der Waals surface area contributed by atoms with Crippen molar-refractivity contribution in [1.29, 1.82) is 0 Å². The van der Waals surface area contributed by atoms with E-state index in [1.807, 2.05) is 0 Å². The number of esters is 1. The number of rotatable bonds is 6. The summed E-state index contributed by atoms with van der Waals surface area (Å²) >= 11 is 0. The topological polar surface area (TPSA) is 133 Å². The van der Waals surface area contributed by atoms with E-state index in [0.717, 1.165) is 17.0 Å². The van der Waals surface area contributed by atoms with Gasteiger partial charge in [0.25, 0.3) is 17.5 Å². The summed E-state index contributed by atoms with van der Waals surface area (Å²) in [4.78, 5) is 61.3. The number of nitrogens with zero attached hydrogens (tertiary/aromatic N) is 2. The van der Waals surface area contributed by atoms with Gasteiger partial charge in [-0.15, -0.1) is 0 Å². The number of ether oxygens (including phenoxy) is 2. The summed E-state index contributed by atoms with van der Waals surface area (Å²) < 4.78 is 10.2. The minimum absolute atomic E-state index is 0.00382. The molecule has 0 aromatic heterocycles. The number of non-ortho nitro benzene ring substituents is 1. The van der Waals surface area contributed by atoms with E-state index in [-0.39, 0.29) is 39.6 Å². The Bertz CT molecular complexity index is 1160. The van der Waals surface area contributed by atoms with Gasteiger partial charge in [0.05, 0.1) is 40.5 Å². The van der Waals surface area contributed by atoms with Gasteiger partial charge >= 0.3 is 5.97 Å². The first-order chi connectivity index (χ1) is 15.0. The van der Waals surface area contributed by atoms with Crippen molar-refractivity contribution in [3.05, 3.63) is 63.2 Å². The van der Waals surface area contributed by atoms with Gasteiger partial charge in [0.15, 0.2) is 12.4 Å². The summed E-state index contributed by atoms with van der Waals surface area (Å²) in [5.41, 5.74) is -0.889. The zero-order valence-electron chi connectivity index (χ0n) is 17.8. The molecule has 1 aliphatic rings. The largest absolute Gasteiger partial charge is 0.494 e. The SMILES string of the molecule is COc1cc([N+](=O)[O-])ccc1N1C(=O)c2ccc(C(=O)OCC(=O)C(C)(C)C)cc2C1=O. The van der Waals surface area contributed by atoms with Crippen LogP contribution in [0, 0.1) is 15.5 Å². The Kier molecular flexibility index (Phi) is 5.80. The van der Waals surface area contributed by atoms with Gasteiger partial charge in [0, 0.05) is 11.5 Å². The monoisotopic (exact) mass is 440 g/mol. The Morgan fingerprint density at radius 3 is 2.28 bits per heavy atom. The summed E-state index contributed by atoms with van der Waals surface area (Å²) in [7, 11) is 1.26. The maximum Gasteiger partial charge on any atom is 0.338 e. The van der Waals surface area contributed by atoms with Gasteiger partial charge in [0.2, 0.25) is 0 Å². The fourth-order valence-electron chi connectivity index (χ4n) is 2.98. The third-order valence-corrected chi connectivity index (χ3v) is 4.91. The molecule has 0 fully saturated rings. The highest BCUT2D eigenvalue weighted by Crippen LogP contribution is 2.37. The Hall–Kier alpha value is -4.08. The highest BCUT2D eigenvalue weighted by molar-refractivity contribution is 6.35. The Morgan fingerprint density at radius 2 is 1.69 bits per heavy atom. The van der Waals surface area contributed by atoms with Crippen LogP contribution in [0.1, 0.15) is 51.8 Å². The molecule has 0 radical (unpaired) electrons. The molecular formula is C22H20N2O8. The molecule has 10 heteroatoms. The summed E-state index contributed by atoms with van der Waals surface area (Å²) in [6.07, 6.45) is 0. The van der Waals surface area contributed by atoms with Gasteiger partial charge in [-0.25, -0.2) is 9.69 Å². The van der Waals surface area contributed by atoms with Crippen molar-refractivity contribution in [2.24, 2.45) is 5.41 Å². The van der Waals surface area contributed by atoms with E-state index in [2.05, 4.69) is 0 Å². The lowest BCUT2D eigenvalue weighted by Crippen LogP contribution is -2.29. The zero-order valence-corrected chi connectivity index (χ0v) is 17.8. The van der Waals surface area contributed by atoms with Gasteiger partial charge in [-0.05, 0) is 24.3 Å². The molecule has 0 saturated heterocycles. The van der Waals surface area contributed by atoms with E-state index in [9.17, 15) is 29.3 Å². The first kappa shape index (κ1) is 22.6. The predicted molar refractivity (Wildman–Crippen MR) is 112 cm³/mol. The smallest absolute Gasteiger partial charge is 0.338 e. The molecule has 0 atom stereocenters. The molecule has 1 heterocycles. The maximum absolute atomic E-state index is 13.0. The second-order valence-corrected chi connectivity index (χ2v) is 8.07. The van der Waals surface area contributed by atoms with Crippen LogP contribution < -0.4 is 9.64 Å². The molecule has 0 saturated carbocycles. The highest BCUT2D eigenvalue weighted by Gasteiger charge is 2.39. The van der Waals surface area contributed by atoms with Crippen molar-refractivity contribution in [3.8, 4) is 5.75 Å². The summed E-state index contributed by atoms with van der Waals surface area (Å²) in [5, 5.41) is 11.0. The number of amides is 2. The molecule has 3 rings (SSSR count). The quantitative estimate of drug-likeness (QED) is 0.289. The first-order valence-corrected chi connectivity index (χ1v) is 9.51. The zero-order chi connectivity index (χ0) is 23.8. The van der Waals surface area contributed by atoms with Crippen molar-refractivity contribution in [3.63, 3.8) is 0 Å². The molecule has 0 unspecified atom stereocenters. The van der Waals surface area contributed by atoms with Crippen LogP contribution in [0.3, 0.4) is 0 Å². The third-order valence-electron chi connectivity index (χ3n) is 4.91. The molecule has 0 spiro atoms. The molecule has 32 heavy (non-hydrogen) atoms. The van der Waals surface area contributed by atoms with Crippen LogP contribution in [0.15, 0.2) is 36.4 Å². The van der Waals surface area contributed by atoms with Crippen molar-refractivity contribution >= 4 is 34.9 Å². The van der Waals surface area contributed by atoms with Crippen molar-refractivity contribution in [1.82, 2.24) is 0 Å². The number of ketones is 1. The van der Waals surface area contributed by atoms with Crippen LogP contribution in [0.25, 0.3) is 0 Å². The van der Waals surface area contributed by atoms with E-state index in [1.165, 1.54) is 31.4 Å². The molecule has 2 aromatic carbocycles. The molecule has 0 N–H and O–H groups in total. The van der Waals surface area contributed by atoms with Crippen LogP contribution in [0.2, 0.25) is 0 Å². The normalized spacial score (nSPS) is 13.1. The average molecular weight is 440 g/mol. The third kappa shape index (κ3) is 4.07. The highest BCUT2D eigenvalue weighted by atomic mass is 16.6. The summed E-state index contributed by atoms with van der Waals surface area (Å²) in [6.45, 7) is 4.68. The fourth-order valence-corrected chi connectivity index (χ4v) is 2.98. The number of hydrogen-bond donors (Lipinski definition) is 0. The molecule has 166 valence electrons. The Balaban J connectivity index is 1.89. The van der Waals surface area contributed by atoms with Crippen LogP contribution in [0.4, 0.5) is 11.4 Å². The van der Waals surface area contributed by atoms with E-state index >= 15 is 0 Å². The van der Waals surface area contributed by atoms with Gasteiger partial charge in [-0.2, -0.15) is 0 Å². The van der Waals surface area contributed by atoms with E-state index < -0.39 is 34.7 Å². The number of carbonyl (C=O) groups excluding carboxylic acids is 4. The summed E-state index contributed by atoms with van der Waals surface area (Å²) in [6, 6.07) is 7.35. The predicted octanol–water partition coefficient (Wildman–Crippen LogP) is 3.18.